The van der Waals surface area contributed by atoms with Gasteiger partial charge in [0.2, 0.25) is 0 Å². The average Bonchev–Trinajstić information content (AvgIpc) is 2.65. The maximum atomic E-state index is 12.3. The van der Waals surface area contributed by atoms with E-state index in [9.17, 15) is 4.79 Å². The third-order valence-electron chi connectivity index (χ3n) is 5.62. The topological polar surface area (TPSA) is 26.3 Å². The van der Waals surface area contributed by atoms with Gasteiger partial charge in [-0.2, -0.15) is 0 Å². The van der Waals surface area contributed by atoms with Crippen molar-refractivity contribution in [2.45, 2.75) is 84.0 Å². The molecule has 0 bridgehead atoms. The van der Waals surface area contributed by atoms with Gasteiger partial charge in [-0.25, -0.2) is 0 Å². The van der Waals surface area contributed by atoms with Crippen LogP contribution in [-0.2, 0) is 4.18 Å². The van der Waals surface area contributed by atoms with Crippen LogP contribution >= 0.6 is 10.3 Å². The highest BCUT2D eigenvalue weighted by atomic mass is 32.3. The van der Waals surface area contributed by atoms with E-state index >= 15 is 0 Å². The molecule has 2 rings (SSSR count). The smallest absolute Gasteiger partial charge is 0.165 e. The lowest BCUT2D eigenvalue weighted by molar-refractivity contribution is 0.0939. The van der Waals surface area contributed by atoms with Gasteiger partial charge in [0, 0.05) is 33.7 Å². The molecular weight excluding hydrogens is 364 g/mol. The second-order valence-corrected chi connectivity index (χ2v) is 13.2. The summed E-state index contributed by atoms with van der Waals surface area (Å²) >= 11 is 0. The Labute approximate surface area is 174 Å². The number of Topliss-reactive ketones (excluding diaryl/α,β-unsaturated/α-hetero) is 1. The third-order valence-corrected chi connectivity index (χ3v) is 10.5. The van der Waals surface area contributed by atoms with Gasteiger partial charge in [-0.1, -0.05) is 90.0 Å². The highest BCUT2D eigenvalue weighted by Gasteiger charge is 2.37. The summed E-state index contributed by atoms with van der Waals surface area (Å²) in [6, 6.07) is 8.06. The Kier molecular flexibility index (Phi) is 7.61. The summed E-state index contributed by atoms with van der Waals surface area (Å²) in [5, 5.41) is 1.58. The molecule has 0 saturated carbocycles. The van der Waals surface area contributed by atoms with Gasteiger partial charge < -0.3 is 4.18 Å². The van der Waals surface area contributed by atoms with Gasteiger partial charge in [-0.05, 0) is 29.7 Å². The molecule has 1 aromatic rings. The number of ketones is 1. The van der Waals surface area contributed by atoms with Crippen molar-refractivity contribution in [1.82, 2.24) is 0 Å². The first kappa shape index (κ1) is 22.8. The molecule has 156 valence electrons. The fraction of sp³-hybridized carbons (Fsp3) is 0.560. The molecule has 1 aliphatic rings. The zero-order valence-electron chi connectivity index (χ0n) is 18.9. The minimum absolute atomic E-state index is 0.0229. The van der Waals surface area contributed by atoms with E-state index in [1.165, 1.54) is 5.57 Å². The van der Waals surface area contributed by atoms with E-state index in [-0.39, 0.29) is 11.7 Å². The first-order valence-corrected chi connectivity index (χ1v) is 12.4. The van der Waals surface area contributed by atoms with Crippen LogP contribution in [0.2, 0.25) is 0 Å². The van der Waals surface area contributed by atoms with Crippen molar-refractivity contribution in [2.24, 2.45) is 5.92 Å². The quantitative estimate of drug-likeness (QED) is 0.420. The molecule has 0 spiro atoms. The Morgan fingerprint density at radius 1 is 0.893 bits per heavy atom. The molecule has 28 heavy (non-hydrogen) atoms. The molecule has 0 saturated heterocycles. The van der Waals surface area contributed by atoms with E-state index in [0.717, 1.165) is 29.7 Å². The van der Waals surface area contributed by atoms with Gasteiger partial charge in [0.05, 0.1) is 0 Å². The molecule has 0 aromatic heterocycles. The van der Waals surface area contributed by atoms with Gasteiger partial charge in [-0.3, -0.25) is 4.79 Å². The molecule has 0 N–H and O–H groups in total. The van der Waals surface area contributed by atoms with Crippen molar-refractivity contribution in [3.8, 4) is 0 Å². The van der Waals surface area contributed by atoms with Crippen molar-refractivity contribution in [1.29, 1.82) is 0 Å². The van der Waals surface area contributed by atoms with Crippen molar-refractivity contribution in [2.75, 3.05) is 0 Å². The molecule has 0 heterocycles. The molecule has 0 unspecified atom stereocenters. The molecule has 0 radical (unpaired) electrons. The van der Waals surface area contributed by atoms with Crippen molar-refractivity contribution in [3.63, 3.8) is 0 Å². The van der Waals surface area contributed by atoms with Crippen LogP contribution in [0.5, 0.6) is 0 Å². The zero-order chi connectivity index (χ0) is 21.1. The second kappa shape index (κ2) is 9.35. The largest absolute Gasteiger partial charge is 0.453 e. The number of benzene rings is 1. The summed E-state index contributed by atoms with van der Waals surface area (Å²) in [4.78, 5) is 12.3. The molecule has 0 amide bonds. The Balaban J connectivity index is 2.27. The van der Waals surface area contributed by atoms with Crippen molar-refractivity contribution >= 4 is 21.7 Å². The monoisotopic (exact) mass is 402 g/mol. The lowest BCUT2D eigenvalue weighted by Crippen LogP contribution is -2.30. The van der Waals surface area contributed by atoms with E-state index in [1.54, 1.807) is 0 Å². The Morgan fingerprint density at radius 3 is 1.96 bits per heavy atom. The summed E-state index contributed by atoms with van der Waals surface area (Å²) < 4.78 is 6.79. The van der Waals surface area contributed by atoms with Gasteiger partial charge >= 0.3 is 0 Å². The van der Waals surface area contributed by atoms with E-state index in [0.29, 0.717) is 15.7 Å². The van der Waals surface area contributed by atoms with Crippen LogP contribution in [0.4, 0.5) is 0 Å². The van der Waals surface area contributed by atoms with E-state index < -0.39 is 10.3 Å². The first-order valence-electron chi connectivity index (χ1n) is 10.6. The summed E-state index contributed by atoms with van der Waals surface area (Å²) in [5.74, 6) is 1.34. The fourth-order valence-corrected chi connectivity index (χ4v) is 8.59. The number of allylic oxidation sites excluding steroid dienone is 4. The molecule has 0 fully saturated rings. The normalized spacial score (nSPS) is 15.9. The number of carbonyl (C=O) groups excluding carboxylic acids is 1. The Morgan fingerprint density at radius 2 is 1.50 bits per heavy atom. The lowest BCUT2D eigenvalue weighted by atomic mass is 9.93. The summed E-state index contributed by atoms with van der Waals surface area (Å²) in [6.45, 7) is 17.7. The van der Waals surface area contributed by atoms with Crippen LogP contribution in [0.3, 0.4) is 0 Å². The number of carbonyl (C=O) groups is 1. The molecule has 1 aliphatic carbocycles. The van der Waals surface area contributed by atoms with Gasteiger partial charge in [0.15, 0.2) is 5.78 Å². The summed E-state index contributed by atoms with van der Waals surface area (Å²) in [5.41, 5.74) is 3.24. The number of hydrogen-bond acceptors (Lipinski definition) is 2. The number of rotatable bonds is 8. The molecule has 0 aliphatic heterocycles. The van der Waals surface area contributed by atoms with E-state index in [2.05, 4.69) is 59.8 Å². The minimum atomic E-state index is -1.20. The molecule has 1 aromatic carbocycles. The zero-order valence-corrected chi connectivity index (χ0v) is 19.7. The van der Waals surface area contributed by atoms with Crippen LogP contribution in [0.1, 0.15) is 84.2 Å². The highest BCUT2D eigenvalue weighted by Crippen LogP contribution is 2.63. The van der Waals surface area contributed by atoms with Gasteiger partial charge in [0.25, 0.3) is 0 Å². The Hall–Kier alpha value is -1.48. The van der Waals surface area contributed by atoms with Crippen LogP contribution in [0.15, 0.2) is 42.2 Å². The second-order valence-electron chi connectivity index (χ2n) is 8.85. The molecule has 0 atom stereocenters. The molecule has 2 nitrogen and oxygen atoms in total. The van der Waals surface area contributed by atoms with Crippen LogP contribution in [-0.4, -0.2) is 21.5 Å². The summed E-state index contributed by atoms with van der Waals surface area (Å²) in [7, 11) is -1.20. The minimum Gasteiger partial charge on any atom is -0.453 e. The predicted octanol–water partition coefficient (Wildman–Crippen LogP) is 7.55. The Bertz CT molecular complexity index is 732. The maximum absolute atomic E-state index is 12.3. The molecular formula is C25H38O2S. The van der Waals surface area contributed by atoms with Crippen molar-refractivity contribution < 1.29 is 8.98 Å². The van der Waals surface area contributed by atoms with Crippen LogP contribution in [0.25, 0.3) is 5.57 Å². The van der Waals surface area contributed by atoms with E-state index in [1.807, 2.05) is 32.0 Å². The standard InChI is InChI=1S/C25H38O2S/c1-17(2)25(26)23-11-9-10-22(16-23)21-12-14-24(15-13-21)27-28(18(3)4,19(5)6)20(7)8/h9-12,14,16-20H,13,15H2,1-8H3. The van der Waals surface area contributed by atoms with Gasteiger partial charge in [-0.15, -0.1) is 0 Å². The first-order chi connectivity index (χ1) is 13.1. The average molecular weight is 403 g/mol. The highest BCUT2D eigenvalue weighted by molar-refractivity contribution is 8.31. The van der Waals surface area contributed by atoms with Crippen molar-refractivity contribution in [3.05, 3.63) is 53.3 Å². The third kappa shape index (κ3) is 4.74. The summed E-state index contributed by atoms with van der Waals surface area (Å²) in [6.07, 6.45) is 6.22. The predicted molar refractivity (Wildman–Crippen MR) is 125 cm³/mol. The molecule has 3 heteroatoms. The lowest BCUT2D eigenvalue weighted by Gasteiger charge is -2.51. The van der Waals surface area contributed by atoms with Crippen LogP contribution < -0.4 is 0 Å². The maximum Gasteiger partial charge on any atom is 0.165 e. The van der Waals surface area contributed by atoms with Gasteiger partial charge in [0.1, 0.15) is 5.76 Å². The van der Waals surface area contributed by atoms with Crippen LogP contribution in [0, 0.1) is 5.92 Å². The SMILES string of the molecule is CC(C)C(=O)c1cccc(C2=CC=C(OS(C(C)C)(C(C)C)C(C)C)CC2)c1. The van der Waals surface area contributed by atoms with E-state index in [4.69, 9.17) is 4.18 Å². The fourth-order valence-electron chi connectivity index (χ4n) is 4.24. The number of hydrogen-bond donors (Lipinski definition) is 0.